The third-order valence-corrected chi connectivity index (χ3v) is 2.65. The van der Waals surface area contributed by atoms with Crippen molar-refractivity contribution in [3.63, 3.8) is 0 Å². The van der Waals surface area contributed by atoms with Gasteiger partial charge in [-0.15, -0.1) is 0 Å². The Morgan fingerprint density at radius 3 is 2.15 bits per heavy atom. The van der Waals surface area contributed by atoms with E-state index < -0.39 is 13.5 Å². The summed E-state index contributed by atoms with van der Waals surface area (Å²) >= 11 is 3.12. The maximum Gasteiger partial charge on any atom is 0.316 e. The van der Waals surface area contributed by atoms with Crippen LogP contribution in [-0.2, 0) is 0 Å². The van der Waals surface area contributed by atoms with Gasteiger partial charge in [0.2, 0.25) is 0 Å². The molecule has 0 spiro atoms. The summed E-state index contributed by atoms with van der Waals surface area (Å²) in [5, 5.41) is 0. The fourth-order valence-electron chi connectivity index (χ4n) is 0.756. The summed E-state index contributed by atoms with van der Waals surface area (Å²) in [5.74, 6) is 0. The van der Waals surface area contributed by atoms with Crippen molar-refractivity contribution in [2.45, 2.75) is 0 Å². The smallest absolute Gasteiger partial charge is 0.316 e. The number of benzene rings is 1. The van der Waals surface area contributed by atoms with E-state index in [0.717, 1.165) is 4.47 Å². The highest BCUT2D eigenvalue weighted by Gasteiger charge is 2.23. The van der Waals surface area contributed by atoms with Crippen LogP contribution >= 0.6 is 23.9 Å². The number of halogens is 1. The lowest BCUT2D eigenvalue weighted by molar-refractivity contribution is -0.325. The maximum atomic E-state index is 10.9. The Morgan fingerprint density at radius 2 is 1.77 bits per heavy atom. The lowest BCUT2D eigenvalue weighted by Crippen LogP contribution is -2.28. The van der Waals surface area contributed by atoms with E-state index in [4.69, 9.17) is 4.89 Å². The highest BCUT2D eigenvalue weighted by molar-refractivity contribution is 9.10. The summed E-state index contributed by atoms with van der Waals surface area (Å²) < 4.78 is 0.725. The van der Waals surface area contributed by atoms with Crippen molar-refractivity contribution in [1.82, 2.24) is 0 Å². The van der Waals surface area contributed by atoms with E-state index >= 15 is 0 Å². The van der Waals surface area contributed by atoms with E-state index in [1.165, 1.54) is 24.3 Å². The van der Waals surface area contributed by atoms with Gasteiger partial charge >= 0.3 is 5.52 Å². The Kier molecular flexibility index (Phi) is 3.16. The first kappa shape index (κ1) is 10.8. The molecule has 0 bridgehead atoms. The first-order valence-electron chi connectivity index (χ1n) is 3.25. The molecule has 1 rings (SSSR count). The average molecular weight is 264 g/mol. The van der Waals surface area contributed by atoms with Gasteiger partial charge in [0.05, 0.1) is 5.56 Å². The van der Waals surface area contributed by atoms with Crippen LogP contribution in [0, 0.1) is 0 Å². The van der Waals surface area contributed by atoms with Crippen LogP contribution in [0.1, 0.15) is 10.4 Å². The topological polar surface area (TPSA) is 83.4 Å². The van der Waals surface area contributed by atoms with E-state index in [9.17, 15) is 14.6 Å². The minimum absolute atomic E-state index is 0.0518. The number of carbonyl (C=O) groups is 1. The van der Waals surface area contributed by atoms with Crippen LogP contribution in [-0.4, -0.2) is 10.4 Å². The second kappa shape index (κ2) is 3.82. The van der Waals surface area contributed by atoms with Crippen LogP contribution in [0.5, 0.6) is 0 Å². The number of hydrogen-bond acceptors (Lipinski definition) is 4. The minimum Gasteiger partial charge on any atom is -0.653 e. The molecule has 0 aliphatic heterocycles. The summed E-state index contributed by atoms with van der Waals surface area (Å²) in [7, 11) is -4.90. The van der Waals surface area contributed by atoms with Crippen LogP contribution in [0.25, 0.3) is 0 Å². The molecule has 6 heteroatoms. The molecule has 13 heavy (non-hydrogen) atoms. The predicted octanol–water partition coefficient (Wildman–Crippen LogP) is 0.0648. The van der Waals surface area contributed by atoms with Gasteiger partial charge < -0.3 is 9.79 Å². The number of rotatable bonds is 2. The summed E-state index contributed by atoms with van der Waals surface area (Å²) in [6.07, 6.45) is 0. The Balaban J connectivity index is 2.97. The SMILES string of the molecule is O=C(c1ccc(Br)cc1)[P+]([O-])([O-])O. The molecule has 0 fully saturated rings. The fourth-order valence-corrected chi connectivity index (χ4v) is 1.50. The Morgan fingerprint density at radius 1 is 1.31 bits per heavy atom. The van der Waals surface area contributed by atoms with Crippen molar-refractivity contribution in [2.24, 2.45) is 0 Å². The van der Waals surface area contributed by atoms with E-state index in [0.29, 0.717) is 0 Å². The third kappa shape index (κ3) is 2.83. The van der Waals surface area contributed by atoms with E-state index in [1.807, 2.05) is 0 Å². The lowest BCUT2D eigenvalue weighted by Gasteiger charge is -2.24. The molecule has 0 radical (unpaired) electrons. The number of carbonyl (C=O) groups excluding carboxylic acids is 1. The molecule has 0 amide bonds. The molecule has 0 heterocycles. The first-order chi connectivity index (χ1) is 5.91. The molecule has 0 aliphatic rings. The molecule has 70 valence electrons. The summed E-state index contributed by atoms with van der Waals surface area (Å²) in [6, 6.07) is 5.66. The zero-order valence-electron chi connectivity index (χ0n) is 6.31. The lowest BCUT2D eigenvalue weighted by atomic mass is 10.2. The standard InChI is InChI=1S/C7H6BrO4P/c8-6-3-1-5(2-4-6)7(9)13(10,11)12/h1-4H,(H2,10,11,12)/p-1. The summed E-state index contributed by atoms with van der Waals surface area (Å²) in [4.78, 5) is 40.3. The van der Waals surface area contributed by atoms with Gasteiger partial charge in [-0.05, 0) is 24.3 Å². The molecule has 0 saturated heterocycles. The van der Waals surface area contributed by atoms with E-state index in [1.54, 1.807) is 0 Å². The van der Waals surface area contributed by atoms with Crippen LogP contribution in [0.3, 0.4) is 0 Å². The highest BCUT2D eigenvalue weighted by atomic mass is 79.9. The highest BCUT2D eigenvalue weighted by Crippen LogP contribution is 2.38. The average Bonchev–Trinajstić information content (AvgIpc) is 2.03. The van der Waals surface area contributed by atoms with Crippen LogP contribution in [0.4, 0.5) is 0 Å². The molecule has 0 saturated carbocycles. The normalized spacial score (nSPS) is 11.4. The molecule has 1 N–H and O–H groups in total. The van der Waals surface area contributed by atoms with Crippen LogP contribution < -0.4 is 9.79 Å². The molecule has 0 aliphatic carbocycles. The zero-order chi connectivity index (χ0) is 10.1. The van der Waals surface area contributed by atoms with Crippen molar-refractivity contribution in [3.05, 3.63) is 34.3 Å². The summed E-state index contributed by atoms with van der Waals surface area (Å²) in [5.41, 5.74) is -1.32. The van der Waals surface area contributed by atoms with Crippen molar-refractivity contribution >= 4 is 29.4 Å². The third-order valence-electron chi connectivity index (χ3n) is 1.35. The maximum absolute atomic E-state index is 10.9. The zero-order valence-corrected chi connectivity index (χ0v) is 8.79. The summed E-state index contributed by atoms with van der Waals surface area (Å²) in [6.45, 7) is 0. The predicted molar refractivity (Wildman–Crippen MR) is 47.6 cm³/mol. The second-order valence-electron chi connectivity index (χ2n) is 2.33. The van der Waals surface area contributed by atoms with Gasteiger partial charge in [-0.1, -0.05) is 15.9 Å². The first-order valence-corrected chi connectivity index (χ1v) is 5.62. The van der Waals surface area contributed by atoms with Crippen molar-refractivity contribution < 1.29 is 19.5 Å². The Bertz CT molecular complexity index is 316. The van der Waals surface area contributed by atoms with Gasteiger partial charge in [-0.25, -0.2) is 4.79 Å². The molecule has 0 atom stereocenters. The molecular weight excluding hydrogens is 259 g/mol. The van der Waals surface area contributed by atoms with Crippen molar-refractivity contribution in [3.8, 4) is 0 Å². The van der Waals surface area contributed by atoms with Gasteiger partial charge in [0.1, 0.15) is 7.94 Å². The van der Waals surface area contributed by atoms with Crippen molar-refractivity contribution in [1.29, 1.82) is 0 Å². The Labute approximate surface area is 83.6 Å². The van der Waals surface area contributed by atoms with Gasteiger partial charge in [0, 0.05) is 4.47 Å². The minimum atomic E-state index is -4.90. The van der Waals surface area contributed by atoms with Gasteiger partial charge in [0.15, 0.2) is 0 Å². The molecule has 1 aromatic rings. The molecule has 1 aromatic carbocycles. The van der Waals surface area contributed by atoms with Crippen LogP contribution in [0.15, 0.2) is 28.7 Å². The molecule has 0 unspecified atom stereocenters. The van der Waals surface area contributed by atoms with Gasteiger partial charge in [-0.2, -0.15) is 0 Å². The van der Waals surface area contributed by atoms with E-state index in [2.05, 4.69) is 15.9 Å². The monoisotopic (exact) mass is 263 g/mol. The molecule has 0 aromatic heterocycles. The fraction of sp³-hybridized carbons (Fsp3) is 0. The van der Waals surface area contributed by atoms with Gasteiger partial charge in [0.25, 0.3) is 0 Å². The molecule has 4 nitrogen and oxygen atoms in total. The van der Waals surface area contributed by atoms with Gasteiger partial charge in [-0.3, -0.25) is 4.89 Å². The largest absolute Gasteiger partial charge is 0.653 e. The second-order valence-corrected chi connectivity index (χ2v) is 4.70. The van der Waals surface area contributed by atoms with Crippen molar-refractivity contribution in [2.75, 3.05) is 0 Å². The van der Waals surface area contributed by atoms with E-state index in [-0.39, 0.29) is 5.56 Å². The quantitative estimate of drug-likeness (QED) is 0.766. The molecular formula is C7H5BrO4P-. The number of hydrogen-bond donors (Lipinski definition) is 1. The van der Waals surface area contributed by atoms with Crippen LogP contribution in [0.2, 0.25) is 0 Å². The Hall–Kier alpha value is -0.320.